The number of carbonyl (C=O) groups is 1. The van der Waals surface area contributed by atoms with E-state index >= 15 is 0 Å². The fourth-order valence-electron chi connectivity index (χ4n) is 2.57. The Labute approximate surface area is 180 Å². The number of aromatic nitrogens is 1. The molecule has 1 amide bonds. The minimum absolute atomic E-state index is 0. The van der Waals surface area contributed by atoms with E-state index in [4.69, 9.17) is 21.3 Å². The molecule has 0 aliphatic heterocycles. The molecule has 1 heterocycles. The molecular weight excluding hydrogens is 417 g/mol. The third kappa shape index (κ3) is 5.58. The van der Waals surface area contributed by atoms with Crippen LogP contribution >= 0.6 is 35.3 Å². The van der Waals surface area contributed by atoms with Crippen LogP contribution in [0, 0.1) is 6.92 Å². The number of carbonyl (C=O) groups excluding carboxylic acids is 1. The molecule has 2 aromatic carbocycles. The van der Waals surface area contributed by atoms with E-state index in [2.05, 4.69) is 0 Å². The predicted molar refractivity (Wildman–Crippen MR) is 119 cm³/mol. The van der Waals surface area contributed by atoms with Crippen LogP contribution in [0.3, 0.4) is 0 Å². The molecule has 3 rings (SSSR count). The molecule has 0 unspecified atom stereocenters. The number of ether oxygens (including phenoxy) is 1. The van der Waals surface area contributed by atoms with Gasteiger partial charge in [0.25, 0.3) is 5.91 Å². The third-order valence-corrected chi connectivity index (χ3v) is 5.38. The number of hydrogen-bond donors (Lipinski definition) is 0. The Morgan fingerprint density at radius 1 is 1.14 bits per heavy atom. The summed E-state index contributed by atoms with van der Waals surface area (Å²) in [7, 11) is 3.96. The van der Waals surface area contributed by atoms with Crippen molar-refractivity contribution in [3.63, 3.8) is 0 Å². The van der Waals surface area contributed by atoms with Gasteiger partial charge < -0.3 is 9.64 Å². The lowest BCUT2D eigenvalue weighted by Gasteiger charge is -2.22. The number of anilines is 1. The molecule has 0 radical (unpaired) electrons. The van der Waals surface area contributed by atoms with Gasteiger partial charge in [0.2, 0.25) is 0 Å². The number of fused-ring (bicyclic) bond motifs is 1. The number of nitrogens with zero attached hydrogens (tertiary/aromatic N) is 3. The fraction of sp³-hybridized carbons (Fsp3) is 0.300. The van der Waals surface area contributed by atoms with Crippen LogP contribution in [-0.4, -0.2) is 49.6 Å². The lowest BCUT2D eigenvalue weighted by atomic mass is 10.2. The Hall–Kier alpha value is -1.86. The molecule has 0 spiro atoms. The topological polar surface area (TPSA) is 45.7 Å². The average molecular weight is 440 g/mol. The number of benzene rings is 2. The summed E-state index contributed by atoms with van der Waals surface area (Å²) >= 11 is 7.41. The fourth-order valence-corrected chi connectivity index (χ4v) is 3.78. The van der Waals surface area contributed by atoms with Crippen molar-refractivity contribution in [2.75, 3.05) is 38.7 Å². The number of para-hydroxylation sites is 1. The average Bonchev–Trinajstić information content (AvgIpc) is 3.06. The first-order valence-corrected chi connectivity index (χ1v) is 9.83. The van der Waals surface area contributed by atoms with Crippen molar-refractivity contribution in [2.45, 2.75) is 6.92 Å². The maximum Gasteiger partial charge on any atom is 0.266 e. The van der Waals surface area contributed by atoms with E-state index in [1.165, 1.54) is 11.3 Å². The van der Waals surface area contributed by atoms with Crippen molar-refractivity contribution >= 4 is 56.6 Å². The van der Waals surface area contributed by atoms with Crippen LogP contribution in [0.4, 0.5) is 5.13 Å². The Bertz CT molecular complexity index is 929. The molecule has 0 bridgehead atoms. The summed E-state index contributed by atoms with van der Waals surface area (Å²) < 4.78 is 6.72. The molecule has 0 aliphatic rings. The zero-order chi connectivity index (χ0) is 19.4. The smallest absolute Gasteiger partial charge is 0.266 e. The van der Waals surface area contributed by atoms with Gasteiger partial charge in [-0.1, -0.05) is 35.1 Å². The number of rotatable bonds is 7. The number of thiazole rings is 1. The molecule has 0 saturated carbocycles. The number of hydrogen-bond acceptors (Lipinski definition) is 5. The van der Waals surface area contributed by atoms with Gasteiger partial charge in [0.05, 0.1) is 10.2 Å². The first kappa shape index (κ1) is 22.4. The lowest BCUT2D eigenvalue weighted by molar-refractivity contribution is -0.120. The highest BCUT2D eigenvalue weighted by Gasteiger charge is 2.21. The van der Waals surface area contributed by atoms with Gasteiger partial charge in [-0.15, -0.1) is 12.4 Å². The zero-order valence-electron chi connectivity index (χ0n) is 16.0. The van der Waals surface area contributed by atoms with Crippen molar-refractivity contribution < 1.29 is 9.53 Å². The summed E-state index contributed by atoms with van der Waals surface area (Å²) in [6, 6.07) is 13.0. The van der Waals surface area contributed by atoms with Gasteiger partial charge in [-0.3, -0.25) is 9.69 Å². The molecule has 0 fully saturated rings. The molecule has 3 aromatic rings. The molecule has 5 nitrogen and oxygen atoms in total. The number of likely N-dealkylation sites (N-methyl/N-ethyl adjacent to an activating group) is 1. The van der Waals surface area contributed by atoms with Gasteiger partial charge >= 0.3 is 0 Å². The highest BCUT2D eigenvalue weighted by molar-refractivity contribution is 7.22. The maximum atomic E-state index is 12.9. The first-order chi connectivity index (χ1) is 12.9. The van der Waals surface area contributed by atoms with Crippen LogP contribution in [0.15, 0.2) is 42.5 Å². The lowest BCUT2D eigenvalue weighted by Crippen LogP contribution is -2.39. The van der Waals surface area contributed by atoms with E-state index < -0.39 is 0 Å². The second kappa shape index (κ2) is 10.1. The van der Waals surface area contributed by atoms with Crippen LogP contribution in [0.5, 0.6) is 5.75 Å². The van der Waals surface area contributed by atoms with Gasteiger partial charge in [-0.25, -0.2) is 4.98 Å². The number of amides is 1. The minimum atomic E-state index is -0.122. The maximum absolute atomic E-state index is 12.9. The van der Waals surface area contributed by atoms with Gasteiger partial charge in [-0.2, -0.15) is 0 Å². The molecule has 0 atom stereocenters. The van der Waals surface area contributed by atoms with E-state index in [0.717, 1.165) is 22.3 Å². The van der Waals surface area contributed by atoms with Crippen LogP contribution in [-0.2, 0) is 4.79 Å². The number of halogens is 2. The van der Waals surface area contributed by atoms with E-state index in [9.17, 15) is 4.79 Å². The van der Waals surface area contributed by atoms with E-state index in [1.807, 2.05) is 44.1 Å². The van der Waals surface area contributed by atoms with E-state index in [1.54, 1.807) is 29.2 Å². The SMILES string of the molecule is Cc1cccc2sc(N(CCN(C)C)C(=O)COc3ccc(Cl)cc3)nc12.Cl. The van der Waals surface area contributed by atoms with Crippen LogP contribution < -0.4 is 9.64 Å². The predicted octanol–water partition coefficient (Wildman–Crippen LogP) is 4.65. The molecule has 8 heteroatoms. The van der Waals surface area contributed by atoms with Crippen LogP contribution in [0.1, 0.15) is 5.56 Å². The van der Waals surface area contributed by atoms with Crippen molar-refractivity contribution in [1.29, 1.82) is 0 Å². The third-order valence-electron chi connectivity index (χ3n) is 4.09. The summed E-state index contributed by atoms with van der Waals surface area (Å²) in [4.78, 5) is 21.3. The van der Waals surface area contributed by atoms with Gasteiger partial charge in [-0.05, 0) is 56.9 Å². The summed E-state index contributed by atoms with van der Waals surface area (Å²) in [6.45, 7) is 3.27. The molecule has 0 N–H and O–H groups in total. The summed E-state index contributed by atoms with van der Waals surface area (Å²) in [5, 5.41) is 1.33. The first-order valence-electron chi connectivity index (χ1n) is 8.63. The monoisotopic (exact) mass is 439 g/mol. The quantitative estimate of drug-likeness (QED) is 0.537. The molecule has 150 valence electrons. The molecule has 0 aliphatic carbocycles. The molecule has 1 aromatic heterocycles. The normalized spacial score (nSPS) is 10.8. The summed E-state index contributed by atoms with van der Waals surface area (Å²) in [6.07, 6.45) is 0. The van der Waals surface area contributed by atoms with Gasteiger partial charge in [0.15, 0.2) is 11.7 Å². The Kier molecular flexibility index (Phi) is 8.07. The van der Waals surface area contributed by atoms with E-state index in [0.29, 0.717) is 22.4 Å². The van der Waals surface area contributed by atoms with Crippen molar-refractivity contribution in [3.05, 3.63) is 53.1 Å². The Balaban J connectivity index is 0.00000280. The highest BCUT2D eigenvalue weighted by atomic mass is 35.5. The second-order valence-corrected chi connectivity index (χ2v) is 7.95. The zero-order valence-corrected chi connectivity index (χ0v) is 18.4. The summed E-state index contributed by atoms with van der Waals surface area (Å²) in [5.41, 5.74) is 2.05. The van der Waals surface area contributed by atoms with E-state index in [-0.39, 0.29) is 24.9 Å². The summed E-state index contributed by atoms with van der Waals surface area (Å²) in [5.74, 6) is 0.490. The molecule has 28 heavy (non-hydrogen) atoms. The highest BCUT2D eigenvalue weighted by Crippen LogP contribution is 2.30. The minimum Gasteiger partial charge on any atom is -0.484 e. The number of aryl methyl sites for hydroxylation is 1. The Morgan fingerprint density at radius 2 is 1.86 bits per heavy atom. The second-order valence-electron chi connectivity index (χ2n) is 6.51. The van der Waals surface area contributed by atoms with Crippen molar-refractivity contribution in [1.82, 2.24) is 9.88 Å². The largest absolute Gasteiger partial charge is 0.484 e. The molecular formula is C20H23Cl2N3O2S. The van der Waals surface area contributed by atoms with Crippen molar-refractivity contribution in [2.24, 2.45) is 0 Å². The molecule has 0 saturated heterocycles. The van der Waals surface area contributed by atoms with Gasteiger partial charge in [0.1, 0.15) is 5.75 Å². The van der Waals surface area contributed by atoms with Crippen LogP contribution in [0.25, 0.3) is 10.2 Å². The standard InChI is InChI=1S/C20H22ClN3O2S.ClH/c1-14-5-4-6-17-19(14)22-20(27-17)24(12-11-23(2)3)18(25)13-26-16-9-7-15(21)8-10-16;/h4-10H,11-13H2,1-3H3;1H. The Morgan fingerprint density at radius 3 is 2.50 bits per heavy atom. The van der Waals surface area contributed by atoms with Crippen LogP contribution in [0.2, 0.25) is 5.02 Å². The van der Waals surface area contributed by atoms with Gasteiger partial charge in [0, 0.05) is 18.1 Å². The van der Waals surface area contributed by atoms with Crippen molar-refractivity contribution in [3.8, 4) is 5.75 Å².